The van der Waals surface area contributed by atoms with Crippen LogP contribution in [0.15, 0.2) is 18.2 Å². The summed E-state index contributed by atoms with van der Waals surface area (Å²) in [5.74, 6) is 2.72. The van der Waals surface area contributed by atoms with Gasteiger partial charge in [0, 0.05) is 27.9 Å². The van der Waals surface area contributed by atoms with Crippen LogP contribution < -0.4 is 10.5 Å². The van der Waals surface area contributed by atoms with Crippen LogP contribution >= 0.6 is 0 Å². The van der Waals surface area contributed by atoms with E-state index in [-0.39, 0.29) is 6.04 Å². The van der Waals surface area contributed by atoms with Gasteiger partial charge in [0.1, 0.15) is 5.75 Å². The van der Waals surface area contributed by atoms with Gasteiger partial charge in [-0.15, -0.1) is 5.10 Å². The highest BCUT2D eigenvalue weighted by Gasteiger charge is 2.23. The van der Waals surface area contributed by atoms with E-state index < -0.39 is 10.8 Å². The Morgan fingerprint density at radius 3 is 2.81 bits per heavy atom. The lowest BCUT2D eigenvalue weighted by atomic mass is 10.1. The number of anilines is 1. The first-order valence-corrected chi connectivity index (χ1v) is 8.24. The van der Waals surface area contributed by atoms with Gasteiger partial charge in [0.15, 0.2) is 5.82 Å². The Bertz CT molecular complexity index is 662. The van der Waals surface area contributed by atoms with Gasteiger partial charge in [-0.2, -0.15) is 0 Å². The molecule has 0 spiro atoms. The van der Waals surface area contributed by atoms with E-state index >= 15 is 0 Å². The van der Waals surface area contributed by atoms with Gasteiger partial charge in [0.05, 0.1) is 18.8 Å². The predicted molar refractivity (Wildman–Crippen MR) is 80.4 cm³/mol. The van der Waals surface area contributed by atoms with E-state index in [1.165, 1.54) is 0 Å². The Hall–Kier alpha value is -1.96. The first-order chi connectivity index (χ1) is 10.2. The van der Waals surface area contributed by atoms with Gasteiger partial charge in [-0.1, -0.05) is 0 Å². The van der Waals surface area contributed by atoms with Crippen molar-refractivity contribution in [3.05, 3.63) is 18.2 Å². The summed E-state index contributed by atoms with van der Waals surface area (Å²) < 4.78 is 18.4. The fourth-order valence-electron chi connectivity index (χ4n) is 2.53. The molecule has 0 saturated carbocycles. The predicted octanol–water partition coefficient (Wildman–Crippen LogP) is 1.01. The van der Waals surface area contributed by atoms with Crippen molar-refractivity contribution in [2.24, 2.45) is 0 Å². The summed E-state index contributed by atoms with van der Waals surface area (Å²) in [6, 6.07) is 5.69. The minimum absolute atomic E-state index is 0.191. The highest BCUT2D eigenvalue weighted by Crippen LogP contribution is 2.30. The zero-order valence-corrected chi connectivity index (χ0v) is 12.5. The molecule has 0 radical (unpaired) electrons. The quantitative estimate of drug-likeness (QED) is 0.850. The van der Waals surface area contributed by atoms with E-state index in [1.807, 2.05) is 16.8 Å². The van der Waals surface area contributed by atoms with Crippen LogP contribution in [0.5, 0.6) is 5.75 Å². The summed E-state index contributed by atoms with van der Waals surface area (Å²) in [6.07, 6.45) is 1.66. The van der Waals surface area contributed by atoms with Gasteiger partial charge >= 0.3 is 0 Å². The highest BCUT2D eigenvalue weighted by atomic mass is 32.2. The molecule has 112 valence electrons. The van der Waals surface area contributed by atoms with Crippen molar-refractivity contribution in [3.8, 4) is 17.1 Å². The number of hydrogen-bond acceptors (Lipinski definition) is 6. The van der Waals surface area contributed by atoms with Crippen LogP contribution in [0.1, 0.15) is 18.9 Å². The number of tetrazole rings is 1. The van der Waals surface area contributed by atoms with Crippen molar-refractivity contribution in [1.29, 1.82) is 0 Å². The van der Waals surface area contributed by atoms with Crippen LogP contribution in [-0.2, 0) is 10.8 Å². The number of benzene rings is 1. The van der Waals surface area contributed by atoms with Gasteiger partial charge in [0.25, 0.3) is 0 Å². The van der Waals surface area contributed by atoms with Crippen molar-refractivity contribution < 1.29 is 8.95 Å². The lowest BCUT2D eigenvalue weighted by Crippen LogP contribution is -2.23. The third-order valence-electron chi connectivity index (χ3n) is 3.68. The number of methoxy groups -OCH3 is 1. The van der Waals surface area contributed by atoms with Gasteiger partial charge in [-0.3, -0.25) is 4.21 Å². The first-order valence-electron chi connectivity index (χ1n) is 6.76. The van der Waals surface area contributed by atoms with Crippen LogP contribution in [0, 0.1) is 0 Å². The molecule has 2 aromatic rings. The SMILES string of the molecule is COc1ccc(-c2nnnn2C2CCS(=O)CC2)cc1N. The van der Waals surface area contributed by atoms with E-state index in [2.05, 4.69) is 15.5 Å². The minimum Gasteiger partial charge on any atom is -0.495 e. The molecule has 7 nitrogen and oxygen atoms in total. The molecule has 1 aromatic heterocycles. The fraction of sp³-hybridized carbons (Fsp3) is 0.462. The Kier molecular flexibility index (Phi) is 3.87. The van der Waals surface area contributed by atoms with Gasteiger partial charge in [0.2, 0.25) is 0 Å². The second-order valence-electron chi connectivity index (χ2n) is 4.98. The van der Waals surface area contributed by atoms with Gasteiger partial charge < -0.3 is 10.5 Å². The second kappa shape index (κ2) is 5.80. The first kappa shape index (κ1) is 14.0. The molecular weight excluding hydrogens is 290 g/mol. The Labute approximate surface area is 124 Å². The summed E-state index contributed by atoms with van der Waals surface area (Å²) >= 11 is 0. The normalized spacial score (nSPS) is 22.1. The maximum atomic E-state index is 11.5. The van der Waals surface area contributed by atoms with E-state index in [0.29, 0.717) is 28.8 Å². The lowest BCUT2D eigenvalue weighted by molar-refractivity contribution is 0.414. The number of ether oxygens (including phenoxy) is 1. The molecule has 8 heteroatoms. The van der Waals surface area contributed by atoms with E-state index in [4.69, 9.17) is 10.5 Å². The Balaban J connectivity index is 1.91. The summed E-state index contributed by atoms with van der Waals surface area (Å²) in [5.41, 5.74) is 7.34. The average Bonchev–Trinajstić information content (AvgIpc) is 2.97. The summed E-state index contributed by atoms with van der Waals surface area (Å²) in [5, 5.41) is 12.0. The fourth-order valence-corrected chi connectivity index (χ4v) is 3.80. The molecule has 0 amide bonds. The largest absolute Gasteiger partial charge is 0.495 e. The monoisotopic (exact) mass is 307 g/mol. The molecule has 0 bridgehead atoms. The maximum Gasteiger partial charge on any atom is 0.182 e. The van der Waals surface area contributed by atoms with Crippen LogP contribution in [0.2, 0.25) is 0 Å². The number of hydrogen-bond donors (Lipinski definition) is 1. The molecule has 1 aliphatic heterocycles. The van der Waals surface area contributed by atoms with E-state index in [1.54, 1.807) is 13.2 Å². The molecule has 1 fully saturated rings. The average molecular weight is 307 g/mol. The van der Waals surface area contributed by atoms with Crippen LogP contribution in [0.4, 0.5) is 5.69 Å². The van der Waals surface area contributed by atoms with Crippen LogP contribution in [0.25, 0.3) is 11.4 Å². The number of nitrogens with zero attached hydrogens (tertiary/aromatic N) is 4. The number of aromatic nitrogens is 4. The number of rotatable bonds is 3. The smallest absolute Gasteiger partial charge is 0.182 e. The van der Waals surface area contributed by atoms with E-state index in [0.717, 1.165) is 18.4 Å². The van der Waals surface area contributed by atoms with Crippen molar-refractivity contribution in [2.45, 2.75) is 18.9 Å². The Morgan fingerprint density at radius 2 is 2.14 bits per heavy atom. The molecule has 0 aliphatic carbocycles. The molecule has 1 saturated heterocycles. The second-order valence-corrected chi connectivity index (χ2v) is 6.68. The zero-order valence-electron chi connectivity index (χ0n) is 11.7. The van der Waals surface area contributed by atoms with Gasteiger partial charge in [-0.25, -0.2) is 4.68 Å². The molecule has 2 N–H and O–H groups in total. The summed E-state index contributed by atoms with van der Waals surface area (Å²) in [4.78, 5) is 0. The molecule has 3 rings (SSSR count). The molecule has 0 unspecified atom stereocenters. The molecule has 0 atom stereocenters. The van der Waals surface area contributed by atoms with Gasteiger partial charge in [-0.05, 0) is 41.5 Å². The third kappa shape index (κ3) is 2.76. The topological polar surface area (TPSA) is 95.9 Å². The standard InChI is InChI=1S/C13H17N5O2S/c1-20-12-3-2-9(8-11(12)14)13-15-16-17-18(13)10-4-6-21(19)7-5-10/h2-3,8,10H,4-7,14H2,1H3. The summed E-state index contributed by atoms with van der Waals surface area (Å²) in [7, 11) is 0.881. The minimum atomic E-state index is -0.700. The molecule has 21 heavy (non-hydrogen) atoms. The Morgan fingerprint density at radius 1 is 1.38 bits per heavy atom. The van der Waals surface area contributed by atoms with Crippen LogP contribution in [-0.4, -0.2) is 43.0 Å². The van der Waals surface area contributed by atoms with Crippen molar-refractivity contribution in [1.82, 2.24) is 20.2 Å². The number of nitrogen functional groups attached to an aromatic ring is 1. The maximum absolute atomic E-state index is 11.5. The number of nitrogens with two attached hydrogens (primary N) is 1. The van der Waals surface area contributed by atoms with Crippen molar-refractivity contribution in [2.75, 3.05) is 24.3 Å². The molecule has 1 aliphatic rings. The lowest BCUT2D eigenvalue weighted by Gasteiger charge is -2.22. The third-order valence-corrected chi connectivity index (χ3v) is 5.07. The highest BCUT2D eigenvalue weighted by molar-refractivity contribution is 7.85. The van der Waals surface area contributed by atoms with Crippen LogP contribution in [0.3, 0.4) is 0 Å². The molecule has 1 aromatic carbocycles. The van der Waals surface area contributed by atoms with E-state index in [9.17, 15) is 4.21 Å². The van der Waals surface area contributed by atoms with Crippen molar-refractivity contribution >= 4 is 16.5 Å². The zero-order chi connectivity index (χ0) is 14.8. The summed E-state index contributed by atoms with van der Waals surface area (Å²) in [6.45, 7) is 0. The molecule has 2 heterocycles. The van der Waals surface area contributed by atoms with Crippen molar-refractivity contribution in [3.63, 3.8) is 0 Å². The molecular formula is C13H17N5O2S.